The number of benzene rings is 2. The van der Waals surface area contributed by atoms with Gasteiger partial charge in [-0.05, 0) is 23.8 Å². The van der Waals surface area contributed by atoms with Crippen LogP contribution in [0, 0.1) is 5.82 Å². The Balaban J connectivity index is 2.12. The fourth-order valence-electron chi connectivity index (χ4n) is 1.85. The highest BCUT2D eigenvalue weighted by Crippen LogP contribution is 2.15. The van der Waals surface area contributed by atoms with Crippen molar-refractivity contribution >= 4 is 27.7 Å². The molecule has 0 atom stereocenters. The van der Waals surface area contributed by atoms with Gasteiger partial charge in [0.05, 0.1) is 5.56 Å². The number of halogens is 2. The predicted octanol–water partition coefficient (Wildman–Crippen LogP) is 2.59. The molecule has 1 amide bonds. The average Bonchev–Trinajstić information content (AvgIpc) is 2.47. The minimum Gasteiger partial charge on any atom is -0.268 e. The van der Waals surface area contributed by atoms with Gasteiger partial charge in [-0.15, -0.1) is 0 Å². The van der Waals surface area contributed by atoms with E-state index in [4.69, 9.17) is 11.6 Å². The van der Waals surface area contributed by atoms with E-state index in [9.17, 15) is 17.6 Å². The average molecular weight is 357 g/mol. The van der Waals surface area contributed by atoms with Crippen molar-refractivity contribution in [2.24, 2.45) is 0 Å². The fourth-order valence-corrected chi connectivity index (χ4v) is 2.83. The van der Waals surface area contributed by atoms with Gasteiger partial charge in [-0.3, -0.25) is 4.79 Å². The predicted molar refractivity (Wildman–Crippen MR) is 85.7 cm³/mol. The summed E-state index contributed by atoms with van der Waals surface area (Å²) in [6.07, 6.45) is 0. The molecular formula is C15H14ClFN2O3S. The Morgan fingerprint density at radius 1 is 1.22 bits per heavy atom. The van der Waals surface area contributed by atoms with Gasteiger partial charge in [0.15, 0.2) is 0 Å². The first-order valence-electron chi connectivity index (χ1n) is 6.57. The van der Waals surface area contributed by atoms with E-state index in [1.807, 2.05) is 10.8 Å². The number of nitrogens with one attached hydrogen (secondary N) is 1. The van der Waals surface area contributed by atoms with Crippen LogP contribution in [-0.2, 0) is 16.8 Å². The van der Waals surface area contributed by atoms with Gasteiger partial charge in [-0.1, -0.05) is 41.9 Å². The first-order chi connectivity index (χ1) is 10.8. The van der Waals surface area contributed by atoms with E-state index in [1.54, 1.807) is 24.3 Å². The monoisotopic (exact) mass is 356 g/mol. The number of nitrogens with zero attached hydrogens (tertiary/aromatic N) is 1. The topological polar surface area (TPSA) is 66.5 Å². The standard InChI is InChI=1S/C15H14ClFN2O3S/c1-19(10-11-5-3-2-4-6-11)23(21,22)18-15(20)13-8-7-12(16)9-14(13)17/h2-9H,10H2,1H3,(H,18,20). The molecule has 0 aliphatic rings. The molecule has 23 heavy (non-hydrogen) atoms. The van der Waals surface area contributed by atoms with E-state index in [2.05, 4.69) is 0 Å². The van der Waals surface area contributed by atoms with Crippen LogP contribution in [0.15, 0.2) is 48.5 Å². The largest absolute Gasteiger partial charge is 0.304 e. The smallest absolute Gasteiger partial charge is 0.268 e. The van der Waals surface area contributed by atoms with E-state index >= 15 is 0 Å². The lowest BCUT2D eigenvalue weighted by atomic mass is 10.2. The summed E-state index contributed by atoms with van der Waals surface area (Å²) in [5, 5.41) is 0.114. The van der Waals surface area contributed by atoms with Gasteiger partial charge in [0.1, 0.15) is 5.82 Å². The lowest BCUT2D eigenvalue weighted by molar-refractivity contribution is 0.0975. The summed E-state index contributed by atoms with van der Waals surface area (Å²) in [4.78, 5) is 11.9. The summed E-state index contributed by atoms with van der Waals surface area (Å²) in [6.45, 7) is 0.0759. The Bertz CT molecular complexity index is 813. The first-order valence-corrected chi connectivity index (χ1v) is 8.39. The molecule has 0 aliphatic carbocycles. The molecule has 0 aromatic heterocycles. The zero-order valence-electron chi connectivity index (χ0n) is 12.2. The van der Waals surface area contributed by atoms with Gasteiger partial charge in [0.2, 0.25) is 0 Å². The summed E-state index contributed by atoms with van der Waals surface area (Å²) < 4.78 is 40.8. The van der Waals surface area contributed by atoms with E-state index in [0.29, 0.717) is 0 Å². The van der Waals surface area contributed by atoms with Crippen LogP contribution in [0.5, 0.6) is 0 Å². The van der Waals surface area contributed by atoms with Crippen LogP contribution in [0.25, 0.3) is 0 Å². The highest BCUT2D eigenvalue weighted by atomic mass is 35.5. The van der Waals surface area contributed by atoms with Crippen molar-refractivity contribution in [3.05, 3.63) is 70.5 Å². The third-order valence-corrected chi connectivity index (χ3v) is 4.68. The van der Waals surface area contributed by atoms with Crippen LogP contribution >= 0.6 is 11.6 Å². The maximum atomic E-state index is 13.7. The number of hydrogen-bond acceptors (Lipinski definition) is 3. The third-order valence-electron chi connectivity index (χ3n) is 3.06. The Labute approximate surface area is 138 Å². The second kappa shape index (κ2) is 7.08. The molecule has 0 spiro atoms. The molecule has 8 heteroatoms. The van der Waals surface area contributed by atoms with E-state index in [1.165, 1.54) is 13.1 Å². The van der Waals surface area contributed by atoms with Crippen molar-refractivity contribution in [2.75, 3.05) is 7.05 Å². The lowest BCUT2D eigenvalue weighted by Gasteiger charge is -2.17. The van der Waals surface area contributed by atoms with E-state index in [0.717, 1.165) is 22.0 Å². The SMILES string of the molecule is CN(Cc1ccccc1)S(=O)(=O)NC(=O)c1ccc(Cl)cc1F. The molecule has 2 aromatic rings. The molecule has 1 N–H and O–H groups in total. The molecule has 0 aliphatic heterocycles. The van der Waals surface area contributed by atoms with Gasteiger partial charge in [-0.25, -0.2) is 9.11 Å². The van der Waals surface area contributed by atoms with E-state index in [-0.39, 0.29) is 11.6 Å². The van der Waals surface area contributed by atoms with Crippen LogP contribution in [0.1, 0.15) is 15.9 Å². The quantitative estimate of drug-likeness (QED) is 0.895. The second-order valence-electron chi connectivity index (χ2n) is 4.80. The number of carbonyl (C=O) groups excluding carboxylic acids is 1. The van der Waals surface area contributed by atoms with Crippen LogP contribution in [0.3, 0.4) is 0 Å². The lowest BCUT2D eigenvalue weighted by Crippen LogP contribution is -2.41. The van der Waals surface area contributed by atoms with Crippen LogP contribution in [0.4, 0.5) is 4.39 Å². The van der Waals surface area contributed by atoms with Gasteiger partial charge in [0, 0.05) is 18.6 Å². The van der Waals surface area contributed by atoms with Crippen LogP contribution in [-0.4, -0.2) is 25.7 Å². The molecule has 0 saturated heterocycles. The maximum absolute atomic E-state index is 13.7. The molecule has 5 nitrogen and oxygen atoms in total. The molecular weight excluding hydrogens is 343 g/mol. The Hall–Kier alpha value is -1.96. The van der Waals surface area contributed by atoms with Crippen molar-refractivity contribution in [3.8, 4) is 0 Å². The number of carbonyl (C=O) groups is 1. The van der Waals surface area contributed by atoms with Crippen LogP contribution in [0.2, 0.25) is 5.02 Å². The Morgan fingerprint density at radius 3 is 2.48 bits per heavy atom. The maximum Gasteiger partial charge on any atom is 0.304 e. The van der Waals surface area contributed by atoms with Crippen molar-refractivity contribution in [1.29, 1.82) is 0 Å². The van der Waals surface area contributed by atoms with Gasteiger partial charge in [-0.2, -0.15) is 12.7 Å². The Kier molecular flexibility index (Phi) is 5.35. The zero-order valence-corrected chi connectivity index (χ0v) is 13.7. The molecule has 122 valence electrons. The number of hydrogen-bond donors (Lipinski definition) is 1. The molecule has 2 rings (SSSR count). The molecule has 0 heterocycles. The minimum absolute atomic E-state index is 0.0759. The van der Waals surface area contributed by atoms with Crippen molar-refractivity contribution in [3.63, 3.8) is 0 Å². The van der Waals surface area contributed by atoms with Crippen molar-refractivity contribution < 1.29 is 17.6 Å². The van der Waals surface area contributed by atoms with Gasteiger partial charge < -0.3 is 0 Å². The fraction of sp³-hybridized carbons (Fsp3) is 0.133. The summed E-state index contributed by atoms with van der Waals surface area (Å²) in [5.74, 6) is -1.95. The zero-order chi connectivity index (χ0) is 17.0. The van der Waals surface area contributed by atoms with E-state index < -0.39 is 27.5 Å². The third kappa shape index (κ3) is 4.51. The van der Waals surface area contributed by atoms with Gasteiger partial charge in [0.25, 0.3) is 5.91 Å². The van der Waals surface area contributed by atoms with Crippen molar-refractivity contribution in [1.82, 2.24) is 9.03 Å². The highest BCUT2D eigenvalue weighted by molar-refractivity contribution is 7.87. The molecule has 2 aromatic carbocycles. The van der Waals surface area contributed by atoms with Gasteiger partial charge >= 0.3 is 10.2 Å². The normalized spacial score (nSPS) is 11.5. The Morgan fingerprint density at radius 2 is 1.87 bits per heavy atom. The summed E-state index contributed by atoms with van der Waals surface area (Å²) in [7, 11) is -2.78. The molecule has 0 saturated carbocycles. The molecule has 0 unspecified atom stereocenters. The van der Waals surface area contributed by atoms with Crippen molar-refractivity contribution in [2.45, 2.75) is 6.54 Å². The molecule has 0 fully saturated rings. The molecule has 0 bridgehead atoms. The highest BCUT2D eigenvalue weighted by Gasteiger charge is 2.23. The minimum atomic E-state index is -4.10. The second-order valence-corrected chi connectivity index (χ2v) is 7.02. The number of rotatable bonds is 5. The molecule has 0 radical (unpaired) electrons. The summed E-state index contributed by atoms with van der Waals surface area (Å²) >= 11 is 5.60. The number of amides is 1. The van der Waals surface area contributed by atoms with Crippen LogP contribution < -0.4 is 4.72 Å². The first kappa shape index (κ1) is 17.4. The summed E-state index contributed by atoms with van der Waals surface area (Å²) in [6, 6.07) is 12.2. The summed E-state index contributed by atoms with van der Waals surface area (Å²) in [5.41, 5.74) is 0.358.